The molecule has 3 fully saturated rings. The van der Waals surface area contributed by atoms with E-state index in [1.807, 2.05) is 29.1 Å². The molecule has 3 saturated heterocycles. The van der Waals surface area contributed by atoms with Gasteiger partial charge in [-0.2, -0.15) is 5.10 Å². The largest absolute Gasteiger partial charge is 0.348 e. The van der Waals surface area contributed by atoms with Gasteiger partial charge < -0.3 is 15.1 Å². The average Bonchev–Trinajstić information content (AvgIpc) is 3.54. The topological polar surface area (TPSA) is 95.0 Å². The van der Waals surface area contributed by atoms with E-state index >= 15 is 0 Å². The Hall–Kier alpha value is -2.78. The van der Waals surface area contributed by atoms with Crippen LogP contribution >= 0.6 is 0 Å². The van der Waals surface area contributed by atoms with E-state index in [4.69, 9.17) is 0 Å². The van der Waals surface area contributed by atoms with Gasteiger partial charge in [-0.15, -0.1) is 5.10 Å². The highest BCUT2D eigenvalue weighted by atomic mass is 16.2. The zero-order chi connectivity index (χ0) is 23.1. The number of aromatic amines is 1. The number of fused-ring (bicyclic) bond motifs is 3. The molecular weight excluding hydrogens is 428 g/mol. The number of carbonyl (C=O) groups excluding carboxylic acids is 1. The zero-order valence-electron chi connectivity index (χ0n) is 19.9. The predicted octanol–water partition coefficient (Wildman–Crippen LogP) is 2.66. The van der Waals surface area contributed by atoms with Gasteiger partial charge in [0.1, 0.15) is 5.69 Å². The molecule has 3 aliphatic rings. The molecule has 0 saturated carbocycles. The zero-order valence-corrected chi connectivity index (χ0v) is 19.9. The van der Waals surface area contributed by atoms with Crippen molar-refractivity contribution < 1.29 is 4.79 Å². The molecule has 0 aliphatic carbocycles. The number of benzene rings is 1. The van der Waals surface area contributed by atoms with E-state index in [1.165, 1.54) is 45.2 Å². The lowest BCUT2D eigenvalue weighted by atomic mass is 9.98. The quantitative estimate of drug-likeness (QED) is 0.585. The van der Waals surface area contributed by atoms with Crippen molar-refractivity contribution in [3.05, 3.63) is 30.1 Å². The van der Waals surface area contributed by atoms with Crippen LogP contribution < -0.4 is 5.32 Å². The summed E-state index contributed by atoms with van der Waals surface area (Å²) in [5.41, 5.74) is 3.12. The number of H-pyrrole nitrogens is 1. The monoisotopic (exact) mass is 462 g/mol. The average molecular weight is 463 g/mol. The first kappa shape index (κ1) is 21.7. The van der Waals surface area contributed by atoms with Gasteiger partial charge >= 0.3 is 0 Å². The van der Waals surface area contributed by atoms with E-state index in [9.17, 15) is 4.79 Å². The molecule has 1 amide bonds. The molecule has 3 aromatic rings. The third-order valence-electron chi connectivity index (χ3n) is 8.14. The maximum absolute atomic E-state index is 13.0. The van der Waals surface area contributed by atoms with E-state index < -0.39 is 0 Å². The number of rotatable bonds is 6. The van der Waals surface area contributed by atoms with Crippen LogP contribution in [0.5, 0.6) is 0 Å². The van der Waals surface area contributed by atoms with Crippen LogP contribution in [0.2, 0.25) is 0 Å². The number of piperidine rings is 2. The third-order valence-corrected chi connectivity index (χ3v) is 8.14. The molecule has 2 aromatic heterocycles. The molecule has 2 unspecified atom stereocenters. The highest BCUT2D eigenvalue weighted by Gasteiger charge is 2.39. The standard InChI is InChI=1S/C25H34N8O/c1-31-19-6-7-20(31)15-18(14-19)26-25(34)24-21-8-5-17(13-22(21)27-29-24)23-16-33(30-28-23)12-11-32-9-3-2-4-10-32/h5,8,13,16,18-20H,2-4,6-7,9-12,14-15H2,1H3,(H,26,34)(H,27,29). The van der Waals surface area contributed by atoms with Gasteiger partial charge in [0.05, 0.1) is 18.3 Å². The highest BCUT2D eigenvalue weighted by Crippen LogP contribution is 2.34. The van der Waals surface area contributed by atoms with Crippen LogP contribution in [0.1, 0.15) is 55.4 Å². The summed E-state index contributed by atoms with van der Waals surface area (Å²) < 4.78 is 1.93. The maximum Gasteiger partial charge on any atom is 0.272 e. The molecule has 0 spiro atoms. The summed E-state index contributed by atoms with van der Waals surface area (Å²) in [5.74, 6) is -0.0865. The maximum atomic E-state index is 13.0. The van der Waals surface area contributed by atoms with Crippen LogP contribution in [0.4, 0.5) is 0 Å². The van der Waals surface area contributed by atoms with Gasteiger partial charge in [-0.3, -0.25) is 14.6 Å². The fourth-order valence-electron chi connectivity index (χ4n) is 6.10. The second-order valence-electron chi connectivity index (χ2n) is 10.3. The van der Waals surface area contributed by atoms with Crippen LogP contribution in [0.3, 0.4) is 0 Å². The Balaban J connectivity index is 1.12. The Kier molecular flexibility index (Phi) is 5.82. The molecule has 6 rings (SSSR count). The van der Waals surface area contributed by atoms with E-state index in [-0.39, 0.29) is 11.9 Å². The van der Waals surface area contributed by atoms with Crippen molar-refractivity contribution in [1.82, 2.24) is 40.3 Å². The minimum Gasteiger partial charge on any atom is -0.348 e. The summed E-state index contributed by atoms with van der Waals surface area (Å²) in [7, 11) is 2.21. The molecule has 9 nitrogen and oxygen atoms in total. The molecule has 34 heavy (non-hydrogen) atoms. The fourth-order valence-corrected chi connectivity index (χ4v) is 6.10. The lowest BCUT2D eigenvalue weighted by molar-refractivity contribution is 0.0879. The van der Waals surface area contributed by atoms with Gasteiger partial charge in [-0.1, -0.05) is 17.7 Å². The molecule has 2 atom stereocenters. The normalized spacial score (nSPS) is 25.7. The van der Waals surface area contributed by atoms with E-state index in [2.05, 4.69) is 42.7 Å². The molecule has 1 aromatic carbocycles. The van der Waals surface area contributed by atoms with Crippen molar-refractivity contribution in [2.75, 3.05) is 26.7 Å². The van der Waals surface area contributed by atoms with Crippen LogP contribution in [0, 0.1) is 0 Å². The Morgan fingerprint density at radius 3 is 2.71 bits per heavy atom. The van der Waals surface area contributed by atoms with E-state index in [1.54, 1.807) is 0 Å². The van der Waals surface area contributed by atoms with Gasteiger partial charge in [0.25, 0.3) is 5.91 Å². The Morgan fingerprint density at radius 1 is 1.12 bits per heavy atom. The molecule has 2 bridgehead atoms. The number of amides is 1. The number of nitrogens with zero attached hydrogens (tertiary/aromatic N) is 6. The lowest BCUT2D eigenvalue weighted by Gasteiger charge is -2.36. The van der Waals surface area contributed by atoms with Gasteiger partial charge in [-0.05, 0) is 70.8 Å². The fraction of sp³-hybridized carbons (Fsp3) is 0.600. The van der Waals surface area contributed by atoms with Gasteiger partial charge in [0.15, 0.2) is 5.69 Å². The first-order chi connectivity index (χ1) is 16.6. The van der Waals surface area contributed by atoms with Gasteiger partial charge in [-0.25, -0.2) is 0 Å². The molecule has 180 valence electrons. The predicted molar refractivity (Wildman–Crippen MR) is 130 cm³/mol. The van der Waals surface area contributed by atoms with E-state index in [0.717, 1.165) is 48.1 Å². The number of hydrogen-bond donors (Lipinski definition) is 2. The summed E-state index contributed by atoms with van der Waals surface area (Å²) >= 11 is 0. The SMILES string of the molecule is CN1C2CCC1CC(NC(=O)c1n[nH]c3cc(-c4cn(CCN5CCCCC5)nn4)ccc13)C2. The Morgan fingerprint density at radius 2 is 1.91 bits per heavy atom. The van der Waals surface area contributed by atoms with Crippen molar-refractivity contribution in [3.8, 4) is 11.3 Å². The van der Waals surface area contributed by atoms with Gasteiger partial charge in [0.2, 0.25) is 0 Å². The Bertz CT molecular complexity index is 1150. The number of hydrogen-bond acceptors (Lipinski definition) is 6. The summed E-state index contributed by atoms with van der Waals surface area (Å²) in [6, 6.07) is 7.39. The van der Waals surface area contributed by atoms with Crippen molar-refractivity contribution in [3.63, 3.8) is 0 Å². The second-order valence-corrected chi connectivity index (χ2v) is 10.3. The number of carbonyl (C=O) groups is 1. The van der Waals surface area contributed by atoms with Crippen molar-refractivity contribution in [1.29, 1.82) is 0 Å². The third kappa shape index (κ3) is 4.22. The molecule has 5 heterocycles. The van der Waals surface area contributed by atoms with Crippen molar-refractivity contribution >= 4 is 16.8 Å². The molecule has 0 radical (unpaired) electrons. The van der Waals surface area contributed by atoms with Crippen molar-refractivity contribution in [2.24, 2.45) is 0 Å². The molecule has 2 N–H and O–H groups in total. The first-order valence-electron chi connectivity index (χ1n) is 12.8. The molecule has 3 aliphatic heterocycles. The summed E-state index contributed by atoms with van der Waals surface area (Å²) in [6.45, 7) is 4.24. The minimum atomic E-state index is -0.0865. The summed E-state index contributed by atoms with van der Waals surface area (Å²) in [4.78, 5) is 18.0. The number of likely N-dealkylation sites (tertiary alicyclic amines) is 1. The lowest BCUT2D eigenvalue weighted by Crippen LogP contribution is -2.48. The number of nitrogens with one attached hydrogen (secondary N) is 2. The van der Waals surface area contributed by atoms with Crippen LogP contribution in [-0.2, 0) is 6.54 Å². The first-order valence-corrected chi connectivity index (χ1v) is 12.8. The summed E-state index contributed by atoms with van der Waals surface area (Å²) in [6.07, 6.45) is 10.5. The summed E-state index contributed by atoms with van der Waals surface area (Å²) in [5, 5.41) is 20.2. The smallest absolute Gasteiger partial charge is 0.272 e. The van der Waals surface area contributed by atoms with Crippen molar-refractivity contribution in [2.45, 2.75) is 69.6 Å². The highest BCUT2D eigenvalue weighted by molar-refractivity contribution is 6.05. The second kappa shape index (κ2) is 9.11. The van der Waals surface area contributed by atoms with Crippen LogP contribution in [0.15, 0.2) is 24.4 Å². The van der Waals surface area contributed by atoms with E-state index in [0.29, 0.717) is 17.8 Å². The van der Waals surface area contributed by atoms with Crippen LogP contribution in [0.25, 0.3) is 22.2 Å². The molecular formula is C25H34N8O. The number of aromatic nitrogens is 5. The minimum absolute atomic E-state index is 0.0865. The van der Waals surface area contributed by atoms with Crippen LogP contribution in [-0.4, -0.2) is 85.7 Å². The molecule has 9 heteroatoms. The van der Waals surface area contributed by atoms with Gasteiger partial charge in [0, 0.05) is 35.6 Å². The Labute approximate surface area is 199 Å².